The highest BCUT2D eigenvalue weighted by atomic mass is 32.2. The van der Waals surface area contributed by atoms with E-state index in [-0.39, 0.29) is 29.9 Å². The molecule has 162 valence electrons. The third-order valence-electron chi connectivity index (χ3n) is 5.74. The van der Waals surface area contributed by atoms with Gasteiger partial charge in [-0.15, -0.1) is 0 Å². The van der Waals surface area contributed by atoms with Gasteiger partial charge in [-0.3, -0.25) is 4.79 Å². The molecule has 1 aromatic carbocycles. The molecular formula is C20H25FN4O4S. The average molecular weight is 437 g/mol. The predicted octanol–water partition coefficient (Wildman–Crippen LogP) is 2.25. The van der Waals surface area contributed by atoms with Crippen molar-refractivity contribution in [3.63, 3.8) is 0 Å². The summed E-state index contributed by atoms with van der Waals surface area (Å²) in [5.41, 5.74) is 0.391. The third kappa shape index (κ3) is 4.24. The van der Waals surface area contributed by atoms with Crippen LogP contribution >= 0.6 is 0 Å². The molecule has 30 heavy (non-hydrogen) atoms. The summed E-state index contributed by atoms with van der Waals surface area (Å²) in [4.78, 5) is 18.2. The van der Waals surface area contributed by atoms with Crippen molar-refractivity contribution < 1.29 is 22.1 Å². The maximum atomic E-state index is 13.9. The van der Waals surface area contributed by atoms with Crippen LogP contribution in [0.4, 0.5) is 4.39 Å². The quantitative estimate of drug-likeness (QED) is 0.661. The normalized spacial score (nSPS) is 19.9. The Morgan fingerprint density at radius 3 is 2.77 bits per heavy atom. The van der Waals surface area contributed by atoms with Crippen molar-refractivity contribution in [2.45, 2.75) is 56.4 Å². The van der Waals surface area contributed by atoms with Gasteiger partial charge < -0.3 is 9.42 Å². The molecule has 8 nitrogen and oxygen atoms in total. The van der Waals surface area contributed by atoms with Crippen molar-refractivity contribution in [2.75, 3.05) is 19.6 Å². The molecule has 1 amide bonds. The number of amides is 1. The highest BCUT2D eigenvalue weighted by Crippen LogP contribution is 2.38. The number of benzene rings is 1. The minimum absolute atomic E-state index is 0.0694. The fraction of sp³-hybridized carbons (Fsp3) is 0.550. The van der Waals surface area contributed by atoms with E-state index in [4.69, 9.17) is 4.52 Å². The molecule has 1 aromatic heterocycles. The lowest BCUT2D eigenvalue weighted by molar-refractivity contribution is -0.130. The second-order valence-electron chi connectivity index (χ2n) is 8.00. The maximum absolute atomic E-state index is 13.9. The Bertz CT molecular complexity index is 1050. The second kappa shape index (κ2) is 8.07. The highest BCUT2D eigenvalue weighted by Gasteiger charge is 2.36. The van der Waals surface area contributed by atoms with E-state index in [0.29, 0.717) is 42.6 Å². The summed E-state index contributed by atoms with van der Waals surface area (Å²) < 4.78 is 46.3. The molecule has 2 heterocycles. The summed E-state index contributed by atoms with van der Waals surface area (Å²) in [6, 6.07) is 3.67. The van der Waals surface area contributed by atoms with Gasteiger partial charge in [-0.25, -0.2) is 12.8 Å². The van der Waals surface area contributed by atoms with Gasteiger partial charge in [0.05, 0.1) is 4.90 Å². The van der Waals surface area contributed by atoms with Crippen molar-refractivity contribution in [3.05, 3.63) is 41.3 Å². The van der Waals surface area contributed by atoms with E-state index < -0.39 is 15.8 Å². The SMILES string of the molecule is CC(=O)N(CCc1noc(C2CC2)n1)C1CCN(S(=O)(=O)c2ccc(C)c(F)c2)C1. The number of aromatic nitrogens is 2. The number of rotatable bonds is 7. The van der Waals surface area contributed by atoms with Crippen LogP contribution in [-0.4, -0.2) is 59.3 Å². The number of carbonyl (C=O) groups excluding carboxylic acids is 1. The number of halogens is 1. The van der Waals surface area contributed by atoms with Crippen LogP contribution in [0.5, 0.6) is 0 Å². The van der Waals surface area contributed by atoms with Crippen LogP contribution in [0.3, 0.4) is 0 Å². The first kappa shape index (κ1) is 20.9. The van der Waals surface area contributed by atoms with Gasteiger partial charge >= 0.3 is 0 Å². The smallest absolute Gasteiger partial charge is 0.243 e. The fourth-order valence-corrected chi connectivity index (χ4v) is 5.25. The molecule has 1 aliphatic carbocycles. The van der Waals surface area contributed by atoms with Crippen LogP contribution in [0.25, 0.3) is 0 Å². The molecule has 2 aliphatic rings. The molecule has 2 fully saturated rings. The predicted molar refractivity (Wildman–Crippen MR) is 106 cm³/mol. The van der Waals surface area contributed by atoms with Crippen molar-refractivity contribution >= 4 is 15.9 Å². The molecule has 2 aromatic rings. The Hall–Kier alpha value is -2.33. The van der Waals surface area contributed by atoms with Gasteiger partial charge in [-0.2, -0.15) is 9.29 Å². The van der Waals surface area contributed by atoms with E-state index in [9.17, 15) is 17.6 Å². The van der Waals surface area contributed by atoms with E-state index in [2.05, 4.69) is 10.1 Å². The zero-order chi connectivity index (χ0) is 21.5. The van der Waals surface area contributed by atoms with Crippen LogP contribution in [0.2, 0.25) is 0 Å². The monoisotopic (exact) mass is 436 g/mol. The third-order valence-corrected chi connectivity index (χ3v) is 7.60. The lowest BCUT2D eigenvalue weighted by Gasteiger charge is -2.27. The molecule has 1 aliphatic heterocycles. The molecule has 0 bridgehead atoms. The van der Waals surface area contributed by atoms with Gasteiger partial charge in [0, 0.05) is 44.9 Å². The van der Waals surface area contributed by atoms with Gasteiger partial charge in [0.1, 0.15) is 5.82 Å². The molecule has 4 rings (SSSR count). The Morgan fingerprint density at radius 2 is 2.10 bits per heavy atom. The van der Waals surface area contributed by atoms with Crippen LogP contribution < -0.4 is 0 Å². The molecule has 0 N–H and O–H groups in total. The summed E-state index contributed by atoms with van der Waals surface area (Å²) in [6.45, 7) is 3.89. The molecule has 0 radical (unpaired) electrons. The van der Waals surface area contributed by atoms with Crippen LogP contribution in [0, 0.1) is 12.7 Å². The molecule has 1 unspecified atom stereocenters. The zero-order valence-corrected chi connectivity index (χ0v) is 17.9. The molecular weight excluding hydrogens is 411 g/mol. The first-order chi connectivity index (χ1) is 14.3. The molecule has 0 spiro atoms. The first-order valence-corrected chi connectivity index (χ1v) is 11.6. The Balaban J connectivity index is 1.42. The Labute approximate surface area is 175 Å². The van der Waals surface area contributed by atoms with Gasteiger partial charge in [0.25, 0.3) is 0 Å². The average Bonchev–Trinajstić information content (AvgIpc) is 3.23. The minimum Gasteiger partial charge on any atom is -0.339 e. The number of hydrogen-bond donors (Lipinski definition) is 0. The molecule has 10 heteroatoms. The highest BCUT2D eigenvalue weighted by molar-refractivity contribution is 7.89. The molecule has 1 atom stereocenters. The van der Waals surface area contributed by atoms with E-state index in [1.54, 1.807) is 11.8 Å². The second-order valence-corrected chi connectivity index (χ2v) is 9.94. The fourth-order valence-electron chi connectivity index (χ4n) is 3.75. The first-order valence-electron chi connectivity index (χ1n) is 10.1. The number of nitrogens with zero attached hydrogens (tertiary/aromatic N) is 4. The van der Waals surface area contributed by atoms with Crippen LogP contribution in [-0.2, 0) is 21.2 Å². The van der Waals surface area contributed by atoms with E-state index >= 15 is 0 Å². The van der Waals surface area contributed by atoms with Crippen molar-refractivity contribution in [2.24, 2.45) is 0 Å². The number of hydrogen-bond acceptors (Lipinski definition) is 6. The van der Waals surface area contributed by atoms with Gasteiger partial charge in [-0.1, -0.05) is 11.2 Å². The number of carbonyl (C=O) groups is 1. The largest absolute Gasteiger partial charge is 0.339 e. The Kier molecular flexibility index (Phi) is 5.63. The number of aryl methyl sites for hydroxylation is 1. The topological polar surface area (TPSA) is 96.6 Å². The summed E-state index contributed by atoms with van der Waals surface area (Å²) in [5, 5.41) is 3.98. The summed E-state index contributed by atoms with van der Waals surface area (Å²) in [7, 11) is -3.82. The van der Waals surface area contributed by atoms with Crippen LogP contribution in [0.1, 0.15) is 49.4 Å². The van der Waals surface area contributed by atoms with E-state index in [1.165, 1.54) is 23.4 Å². The van der Waals surface area contributed by atoms with E-state index in [0.717, 1.165) is 18.9 Å². The molecule has 1 saturated carbocycles. The lowest BCUT2D eigenvalue weighted by atomic mass is 10.2. The summed E-state index contributed by atoms with van der Waals surface area (Å²) in [5.74, 6) is 0.897. The van der Waals surface area contributed by atoms with E-state index in [1.807, 2.05) is 0 Å². The summed E-state index contributed by atoms with van der Waals surface area (Å²) >= 11 is 0. The molecule has 1 saturated heterocycles. The van der Waals surface area contributed by atoms with Crippen LogP contribution in [0.15, 0.2) is 27.6 Å². The van der Waals surface area contributed by atoms with Gasteiger partial charge in [-0.05, 0) is 43.9 Å². The maximum Gasteiger partial charge on any atom is 0.243 e. The van der Waals surface area contributed by atoms with Crippen molar-refractivity contribution in [1.29, 1.82) is 0 Å². The summed E-state index contributed by atoms with van der Waals surface area (Å²) in [6.07, 6.45) is 3.10. The number of sulfonamides is 1. The standard InChI is InChI=1S/C20H25FN4O4S/c1-13-3-6-17(11-18(13)21)30(27,28)24-9-7-16(12-24)25(14(2)26)10-8-19-22-20(29-23-19)15-4-5-15/h3,6,11,15-16H,4-5,7-10,12H2,1-2H3. The van der Waals surface area contributed by atoms with Crippen molar-refractivity contribution in [3.8, 4) is 0 Å². The van der Waals surface area contributed by atoms with Gasteiger partial charge in [0.15, 0.2) is 5.82 Å². The van der Waals surface area contributed by atoms with Gasteiger partial charge in [0.2, 0.25) is 21.8 Å². The zero-order valence-electron chi connectivity index (χ0n) is 17.0. The minimum atomic E-state index is -3.82. The lowest BCUT2D eigenvalue weighted by Crippen LogP contribution is -2.42. The Morgan fingerprint density at radius 1 is 1.33 bits per heavy atom. The van der Waals surface area contributed by atoms with Crippen molar-refractivity contribution in [1.82, 2.24) is 19.3 Å².